The van der Waals surface area contributed by atoms with E-state index in [0.717, 1.165) is 5.39 Å². The van der Waals surface area contributed by atoms with E-state index in [9.17, 15) is 33.0 Å². The van der Waals surface area contributed by atoms with Crippen LogP contribution in [0.1, 0.15) is 27.0 Å². The standard InChI is InChI=1S/C26H30F3N4O8PS/c1-13(2)39-23(36)14(3)32-42(43,41-18-10-6-8-15-7-4-5-9-16(15)18)38-12-26(24(28)29)20(35)19(34)22(40-26)33-11-17(27)21(30)31-25(33)37/h4-11,13-14,19-20,22,24,34-35H,12H2,1-3H3,(H,32,43)(H2,30,31,37)/t14-,19-,20-,22+,26+,42?/m0/s1. The molecule has 234 valence electrons. The van der Waals surface area contributed by atoms with Crippen LogP contribution in [0.25, 0.3) is 10.8 Å². The number of hydrogen-bond acceptors (Lipinski definition) is 11. The smallest absolute Gasteiger partial charge is 0.351 e. The van der Waals surface area contributed by atoms with E-state index in [0.29, 0.717) is 16.2 Å². The highest BCUT2D eigenvalue weighted by Crippen LogP contribution is 2.50. The zero-order valence-electron chi connectivity index (χ0n) is 23.1. The molecule has 1 aliphatic heterocycles. The number of alkyl halides is 2. The van der Waals surface area contributed by atoms with Crippen LogP contribution in [0.3, 0.4) is 0 Å². The number of nitrogens with two attached hydrogens (primary N) is 1. The summed E-state index contributed by atoms with van der Waals surface area (Å²) in [6.07, 6.45) is -10.0. The number of hydrogen-bond donors (Lipinski definition) is 4. The van der Waals surface area contributed by atoms with Crippen LogP contribution in [0, 0.1) is 5.82 Å². The molecular weight excluding hydrogens is 616 g/mol. The van der Waals surface area contributed by atoms with Crippen molar-refractivity contribution in [1.82, 2.24) is 14.6 Å². The van der Waals surface area contributed by atoms with Crippen molar-refractivity contribution in [2.75, 3.05) is 12.3 Å². The molecule has 6 atom stereocenters. The van der Waals surface area contributed by atoms with Gasteiger partial charge in [-0.3, -0.25) is 9.36 Å². The molecular formula is C26H30F3N4O8PS. The van der Waals surface area contributed by atoms with Crippen molar-refractivity contribution in [3.63, 3.8) is 0 Å². The maximum Gasteiger partial charge on any atom is 0.351 e. The maximum atomic E-state index is 14.7. The summed E-state index contributed by atoms with van der Waals surface area (Å²) < 4.78 is 66.2. The molecule has 0 saturated carbocycles. The summed E-state index contributed by atoms with van der Waals surface area (Å²) in [5, 5.41) is 25.5. The number of fused-ring (bicyclic) bond motifs is 1. The molecule has 1 aliphatic rings. The van der Waals surface area contributed by atoms with Gasteiger partial charge in [0.15, 0.2) is 23.5 Å². The predicted octanol–water partition coefficient (Wildman–Crippen LogP) is 2.62. The van der Waals surface area contributed by atoms with Gasteiger partial charge in [0, 0.05) is 5.39 Å². The summed E-state index contributed by atoms with van der Waals surface area (Å²) in [5.41, 5.74) is 1.06. The normalized spacial score (nSPS) is 24.3. The average molecular weight is 647 g/mol. The van der Waals surface area contributed by atoms with Crippen LogP contribution in [0.15, 0.2) is 53.5 Å². The van der Waals surface area contributed by atoms with Gasteiger partial charge in [0.2, 0.25) is 0 Å². The number of benzene rings is 2. The van der Waals surface area contributed by atoms with Gasteiger partial charge >= 0.3 is 18.3 Å². The number of aliphatic hydroxyl groups is 2. The fraction of sp³-hybridized carbons (Fsp3) is 0.423. The fourth-order valence-corrected chi connectivity index (χ4v) is 6.76. The van der Waals surface area contributed by atoms with Gasteiger partial charge in [-0.25, -0.2) is 23.1 Å². The zero-order chi connectivity index (χ0) is 31.7. The van der Waals surface area contributed by atoms with Gasteiger partial charge in [-0.05, 0) is 44.0 Å². The Kier molecular flexibility index (Phi) is 9.81. The number of nitrogens with zero attached hydrogens (tertiary/aromatic N) is 2. The molecule has 3 aromatic rings. The van der Waals surface area contributed by atoms with Crippen LogP contribution in [0.2, 0.25) is 0 Å². The molecule has 1 aromatic heterocycles. The quantitative estimate of drug-likeness (QED) is 0.178. The lowest BCUT2D eigenvalue weighted by molar-refractivity contribution is -0.192. The predicted molar refractivity (Wildman–Crippen MR) is 152 cm³/mol. The minimum atomic E-state index is -3.98. The van der Waals surface area contributed by atoms with E-state index < -0.39 is 79.2 Å². The molecule has 1 saturated heterocycles. The summed E-state index contributed by atoms with van der Waals surface area (Å²) in [6.45, 7) is -0.509. The molecule has 0 aliphatic carbocycles. The Morgan fingerprint density at radius 1 is 1.23 bits per heavy atom. The third kappa shape index (κ3) is 6.85. The van der Waals surface area contributed by atoms with Gasteiger partial charge < -0.3 is 34.5 Å². The minimum absolute atomic E-state index is 0.199. The van der Waals surface area contributed by atoms with Gasteiger partial charge in [-0.1, -0.05) is 36.4 Å². The van der Waals surface area contributed by atoms with Crippen LogP contribution in [-0.4, -0.2) is 68.7 Å². The number of nitrogen functional groups attached to an aromatic ring is 1. The van der Waals surface area contributed by atoms with E-state index in [1.807, 2.05) is 0 Å². The van der Waals surface area contributed by atoms with Crippen LogP contribution < -0.4 is 21.0 Å². The number of carbonyl (C=O) groups is 1. The van der Waals surface area contributed by atoms with Gasteiger partial charge in [-0.2, -0.15) is 4.98 Å². The first-order chi connectivity index (χ1) is 20.2. The summed E-state index contributed by atoms with van der Waals surface area (Å²) in [4.78, 5) is 28.1. The number of anilines is 1. The molecule has 0 radical (unpaired) electrons. The topological polar surface area (TPSA) is 167 Å². The third-order valence-corrected chi connectivity index (χ3v) is 8.99. The summed E-state index contributed by atoms with van der Waals surface area (Å²) in [7, 11) is 0. The molecule has 1 fully saturated rings. The molecule has 5 N–H and O–H groups in total. The van der Waals surface area contributed by atoms with Gasteiger partial charge in [0.05, 0.1) is 18.9 Å². The van der Waals surface area contributed by atoms with Crippen molar-refractivity contribution in [3.05, 3.63) is 65.0 Å². The highest BCUT2D eigenvalue weighted by molar-refractivity contribution is 8.09. The lowest BCUT2D eigenvalue weighted by Gasteiger charge is -2.34. The molecule has 2 aromatic carbocycles. The van der Waals surface area contributed by atoms with E-state index in [1.165, 1.54) is 6.92 Å². The summed E-state index contributed by atoms with van der Waals surface area (Å²) >= 11 is 5.64. The van der Waals surface area contributed by atoms with Crippen molar-refractivity contribution in [1.29, 1.82) is 0 Å². The average Bonchev–Trinajstić information content (AvgIpc) is 3.20. The van der Waals surface area contributed by atoms with E-state index in [4.69, 9.17) is 36.1 Å². The Labute approximate surface area is 248 Å². The Balaban J connectivity index is 1.69. The van der Waals surface area contributed by atoms with Crippen LogP contribution in [0.4, 0.5) is 19.0 Å². The maximum absolute atomic E-state index is 14.7. The lowest BCUT2D eigenvalue weighted by atomic mass is 9.96. The Morgan fingerprint density at radius 2 is 1.91 bits per heavy atom. The van der Waals surface area contributed by atoms with E-state index in [-0.39, 0.29) is 5.75 Å². The van der Waals surface area contributed by atoms with Crippen LogP contribution in [0.5, 0.6) is 5.75 Å². The summed E-state index contributed by atoms with van der Waals surface area (Å²) in [5.74, 6) is -2.49. The molecule has 2 heterocycles. The third-order valence-electron chi connectivity index (χ3n) is 6.52. The van der Waals surface area contributed by atoms with Crippen molar-refractivity contribution in [2.45, 2.75) is 63.4 Å². The zero-order valence-corrected chi connectivity index (χ0v) is 24.8. The van der Waals surface area contributed by atoms with E-state index in [2.05, 4.69) is 10.1 Å². The number of halogens is 3. The number of carbonyl (C=O) groups excluding carboxylic acids is 1. The second-order valence-corrected chi connectivity index (χ2v) is 13.2. The number of nitrogens with one attached hydrogen (secondary N) is 1. The van der Waals surface area contributed by atoms with Crippen LogP contribution in [-0.2, 0) is 30.6 Å². The van der Waals surface area contributed by atoms with Crippen molar-refractivity contribution in [3.8, 4) is 5.75 Å². The first-order valence-electron chi connectivity index (χ1n) is 12.9. The molecule has 0 amide bonds. The molecule has 12 nitrogen and oxygen atoms in total. The van der Waals surface area contributed by atoms with Gasteiger partial charge in [-0.15, -0.1) is 0 Å². The second-order valence-electron chi connectivity index (χ2n) is 10.0. The second kappa shape index (κ2) is 12.9. The van der Waals surface area contributed by atoms with Gasteiger partial charge in [0.1, 0.15) is 24.0 Å². The van der Waals surface area contributed by atoms with Crippen molar-refractivity contribution in [2.24, 2.45) is 0 Å². The number of aliphatic hydroxyl groups excluding tert-OH is 2. The fourth-order valence-electron chi connectivity index (χ4n) is 4.34. The van der Waals surface area contributed by atoms with Crippen LogP contribution >= 0.6 is 6.64 Å². The molecule has 0 spiro atoms. The monoisotopic (exact) mass is 646 g/mol. The number of aromatic nitrogens is 2. The number of ether oxygens (including phenoxy) is 2. The molecule has 17 heteroatoms. The lowest BCUT2D eigenvalue weighted by Crippen LogP contribution is -2.53. The number of esters is 1. The first-order valence-corrected chi connectivity index (χ1v) is 15.6. The highest BCUT2D eigenvalue weighted by Gasteiger charge is 2.61. The SMILES string of the molecule is CC(C)OC(=O)[C@H](C)NP(=S)(OC[C@@]1(C(F)F)O[C@@H](n2cc(F)c(N)nc2=O)[C@@H](O)[C@@H]1O)Oc1cccc2ccccc12. The highest BCUT2D eigenvalue weighted by atomic mass is 32.5. The van der Waals surface area contributed by atoms with Gasteiger partial charge in [0.25, 0.3) is 6.43 Å². The molecule has 1 unspecified atom stereocenters. The minimum Gasteiger partial charge on any atom is -0.462 e. The summed E-state index contributed by atoms with van der Waals surface area (Å²) in [6, 6.07) is 10.9. The largest absolute Gasteiger partial charge is 0.462 e. The van der Waals surface area contributed by atoms with Crippen molar-refractivity contribution < 1.29 is 46.7 Å². The molecule has 43 heavy (non-hydrogen) atoms. The molecule has 0 bridgehead atoms. The van der Waals surface area contributed by atoms with E-state index >= 15 is 0 Å². The first kappa shape index (κ1) is 32.8. The van der Waals surface area contributed by atoms with Crippen molar-refractivity contribution >= 4 is 41.0 Å². The Bertz CT molecular complexity index is 1590. The van der Waals surface area contributed by atoms with E-state index in [1.54, 1.807) is 56.3 Å². The Morgan fingerprint density at radius 3 is 2.58 bits per heavy atom. The Hall–Kier alpha value is -3.11. The number of rotatable bonds is 11. The molecule has 4 rings (SSSR count).